The molecule has 5 heteroatoms. The first-order valence-corrected chi connectivity index (χ1v) is 6.24. The lowest BCUT2D eigenvalue weighted by Gasteiger charge is -2.19. The first-order chi connectivity index (χ1) is 9.26. The molecule has 5 nitrogen and oxygen atoms in total. The van der Waals surface area contributed by atoms with E-state index >= 15 is 0 Å². The molecule has 0 aliphatic rings. The van der Waals surface area contributed by atoms with Crippen LogP contribution in [0, 0.1) is 0 Å². The summed E-state index contributed by atoms with van der Waals surface area (Å²) in [6.07, 6.45) is -0.299. The number of esters is 1. The number of ketones is 1. The number of hydrogen-bond acceptors (Lipinski definition) is 5. The fourth-order valence-corrected chi connectivity index (χ4v) is 1.62. The molecule has 0 atom stereocenters. The fraction of sp³-hybridized carbons (Fsp3) is 0.467. The molecule has 110 valence electrons. The molecule has 0 spiro atoms. The number of ether oxygens (including phenoxy) is 3. The summed E-state index contributed by atoms with van der Waals surface area (Å²) in [5.74, 6) is 0.112. The minimum atomic E-state index is -0.602. The van der Waals surface area contributed by atoms with E-state index in [9.17, 15) is 9.59 Å². The Kier molecular flexibility index (Phi) is 5.13. The highest BCUT2D eigenvalue weighted by Gasteiger charge is 2.20. The molecule has 0 aliphatic carbocycles. The lowest BCUT2D eigenvalue weighted by Crippen LogP contribution is -2.25. The molecule has 1 rings (SSSR count). The summed E-state index contributed by atoms with van der Waals surface area (Å²) in [5, 5.41) is 0. The van der Waals surface area contributed by atoms with E-state index in [1.165, 1.54) is 14.2 Å². The number of carbonyl (C=O) groups excluding carboxylic acids is 2. The molecule has 1 aromatic carbocycles. The van der Waals surface area contributed by atoms with Crippen LogP contribution in [-0.2, 0) is 9.53 Å². The molecule has 0 N–H and O–H groups in total. The average Bonchev–Trinajstić information content (AvgIpc) is 2.35. The van der Waals surface area contributed by atoms with Crippen LogP contribution >= 0.6 is 0 Å². The second-order valence-corrected chi connectivity index (χ2v) is 5.26. The third-order valence-electron chi connectivity index (χ3n) is 2.43. The van der Waals surface area contributed by atoms with Crippen LogP contribution < -0.4 is 9.47 Å². The topological polar surface area (TPSA) is 61.8 Å². The zero-order valence-electron chi connectivity index (χ0n) is 12.5. The molecule has 0 aliphatic heterocycles. The predicted octanol–water partition coefficient (Wildman–Crippen LogP) is 2.62. The minimum Gasteiger partial charge on any atom is -0.493 e. The van der Waals surface area contributed by atoms with Crippen molar-refractivity contribution in [3.05, 3.63) is 23.8 Å². The van der Waals surface area contributed by atoms with Gasteiger partial charge in [-0.3, -0.25) is 9.59 Å². The van der Waals surface area contributed by atoms with Crippen LogP contribution in [0.2, 0.25) is 0 Å². The summed E-state index contributed by atoms with van der Waals surface area (Å²) in [7, 11) is 3.00. The van der Waals surface area contributed by atoms with Crippen LogP contribution in [-0.4, -0.2) is 31.6 Å². The predicted molar refractivity (Wildman–Crippen MR) is 74.3 cm³/mol. The molecule has 0 fully saturated rings. The normalized spacial score (nSPS) is 10.8. The van der Waals surface area contributed by atoms with Gasteiger partial charge >= 0.3 is 5.97 Å². The number of benzene rings is 1. The molecule has 0 radical (unpaired) electrons. The molecular weight excluding hydrogens is 260 g/mol. The summed E-state index contributed by atoms with van der Waals surface area (Å²) in [5.41, 5.74) is -0.219. The highest BCUT2D eigenvalue weighted by atomic mass is 16.6. The summed E-state index contributed by atoms with van der Waals surface area (Å²) in [4.78, 5) is 23.6. The van der Waals surface area contributed by atoms with Gasteiger partial charge in [0.15, 0.2) is 17.3 Å². The third-order valence-corrected chi connectivity index (χ3v) is 2.43. The third kappa shape index (κ3) is 4.57. The monoisotopic (exact) mass is 280 g/mol. The van der Waals surface area contributed by atoms with Crippen LogP contribution in [0.15, 0.2) is 18.2 Å². The van der Waals surface area contributed by atoms with Crippen molar-refractivity contribution in [2.75, 3.05) is 14.2 Å². The Balaban J connectivity index is 2.80. The van der Waals surface area contributed by atoms with Crippen molar-refractivity contribution >= 4 is 11.8 Å². The lowest BCUT2D eigenvalue weighted by molar-refractivity contribution is -0.153. The van der Waals surface area contributed by atoms with Gasteiger partial charge in [0.05, 0.1) is 14.2 Å². The minimum absolute atomic E-state index is 0.299. The average molecular weight is 280 g/mol. The Bertz CT molecular complexity index is 499. The Morgan fingerprint density at radius 2 is 1.65 bits per heavy atom. The molecule has 0 saturated heterocycles. The van der Waals surface area contributed by atoms with Gasteiger partial charge in [0.25, 0.3) is 0 Å². The standard InChI is InChI=1S/C15H20O5/c1-15(2,3)20-14(17)9-11(16)10-6-7-12(18-4)13(8-10)19-5/h6-8H,9H2,1-5H3. The molecule has 0 aromatic heterocycles. The van der Waals surface area contributed by atoms with Gasteiger partial charge in [0.2, 0.25) is 0 Å². The smallest absolute Gasteiger partial charge is 0.314 e. The second kappa shape index (κ2) is 6.41. The van der Waals surface area contributed by atoms with E-state index in [4.69, 9.17) is 14.2 Å². The zero-order chi connectivity index (χ0) is 15.3. The van der Waals surface area contributed by atoms with Crippen LogP contribution in [0.5, 0.6) is 11.5 Å². The van der Waals surface area contributed by atoms with E-state index < -0.39 is 11.6 Å². The van der Waals surface area contributed by atoms with Crippen molar-refractivity contribution in [2.45, 2.75) is 32.8 Å². The van der Waals surface area contributed by atoms with Crippen LogP contribution in [0.4, 0.5) is 0 Å². The highest BCUT2D eigenvalue weighted by molar-refractivity contribution is 6.06. The van der Waals surface area contributed by atoms with Gasteiger partial charge in [-0.15, -0.1) is 0 Å². The van der Waals surface area contributed by atoms with Crippen molar-refractivity contribution in [1.29, 1.82) is 0 Å². The van der Waals surface area contributed by atoms with E-state index in [0.29, 0.717) is 17.1 Å². The molecule has 0 amide bonds. The van der Waals surface area contributed by atoms with Crippen LogP contribution in [0.3, 0.4) is 0 Å². The van der Waals surface area contributed by atoms with E-state index in [2.05, 4.69) is 0 Å². The van der Waals surface area contributed by atoms with Gasteiger partial charge < -0.3 is 14.2 Å². The van der Waals surface area contributed by atoms with Crippen molar-refractivity contribution < 1.29 is 23.8 Å². The Labute approximate surface area is 118 Å². The van der Waals surface area contributed by atoms with Gasteiger partial charge in [-0.25, -0.2) is 0 Å². The highest BCUT2D eigenvalue weighted by Crippen LogP contribution is 2.28. The fourth-order valence-electron chi connectivity index (χ4n) is 1.62. The molecule has 0 saturated carbocycles. The van der Waals surface area contributed by atoms with Crippen molar-refractivity contribution in [3.8, 4) is 11.5 Å². The molecular formula is C15H20O5. The number of hydrogen-bond donors (Lipinski definition) is 0. The first-order valence-electron chi connectivity index (χ1n) is 6.24. The van der Waals surface area contributed by atoms with Gasteiger partial charge in [0.1, 0.15) is 12.0 Å². The van der Waals surface area contributed by atoms with E-state index in [-0.39, 0.29) is 12.2 Å². The summed E-state index contributed by atoms with van der Waals surface area (Å²) >= 11 is 0. The Morgan fingerprint density at radius 3 is 2.15 bits per heavy atom. The first kappa shape index (κ1) is 16.0. The van der Waals surface area contributed by atoms with Crippen molar-refractivity contribution in [2.24, 2.45) is 0 Å². The van der Waals surface area contributed by atoms with Crippen LogP contribution in [0.1, 0.15) is 37.6 Å². The summed E-state index contributed by atoms with van der Waals surface area (Å²) < 4.78 is 15.3. The van der Waals surface area contributed by atoms with E-state index in [1.807, 2.05) is 0 Å². The second-order valence-electron chi connectivity index (χ2n) is 5.26. The van der Waals surface area contributed by atoms with Crippen molar-refractivity contribution in [3.63, 3.8) is 0 Å². The number of carbonyl (C=O) groups is 2. The lowest BCUT2D eigenvalue weighted by atomic mass is 10.1. The molecule has 20 heavy (non-hydrogen) atoms. The number of Topliss-reactive ketones (excluding diaryl/α,β-unsaturated/α-hetero) is 1. The molecule has 0 bridgehead atoms. The SMILES string of the molecule is COc1ccc(C(=O)CC(=O)OC(C)(C)C)cc1OC. The van der Waals surface area contributed by atoms with E-state index in [1.54, 1.807) is 39.0 Å². The van der Waals surface area contributed by atoms with E-state index in [0.717, 1.165) is 0 Å². The maximum absolute atomic E-state index is 12.0. The number of rotatable bonds is 5. The van der Waals surface area contributed by atoms with Gasteiger partial charge in [0, 0.05) is 5.56 Å². The van der Waals surface area contributed by atoms with Gasteiger partial charge in [-0.1, -0.05) is 0 Å². The quantitative estimate of drug-likeness (QED) is 0.471. The summed E-state index contributed by atoms with van der Waals surface area (Å²) in [6.45, 7) is 5.27. The van der Waals surface area contributed by atoms with Gasteiger partial charge in [-0.05, 0) is 39.0 Å². The largest absolute Gasteiger partial charge is 0.493 e. The van der Waals surface area contributed by atoms with Crippen LogP contribution in [0.25, 0.3) is 0 Å². The van der Waals surface area contributed by atoms with Crippen molar-refractivity contribution in [1.82, 2.24) is 0 Å². The Hall–Kier alpha value is -2.04. The Morgan fingerprint density at radius 1 is 1.05 bits per heavy atom. The molecule has 0 heterocycles. The maximum atomic E-state index is 12.0. The maximum Gasteiger partial charge on any atom is 0.314 e. The zero-order valence-corrected chi connectivity index (χ0v) is 12.5. The molecule has 1 aromatic rings. The molecule has 0 unspecified atom stereocenters. The van der Waals surface area contributed by atoms with Gasteiger partial charge in [-0.2, -0.15) is 0 Å². The number of methoxy groups -OCH3 is 2. The summed E-state index contributed by atoms with van der Waals surface area (Å²) in [6, 6.07) is 4.76.